The minimum atomic E-state index is -0.0875. The van der Waals surface area contributed by atoms with Crippen LogP contribution in [0.4, 0.5) is 0 Å². The van der Waals surface area contributed by atoms with Crippen molar-refractivity contribution in [1.29, 1.82) is 5.26 Å². The van der Waals surface area contributed by atoms with Gasteiger partial charge in [0.05, 0.1) is 11.6 Å². The smallest absolute Gasteiger partial charge is 0.254 e. The van der Waals surface area contributed by atoms with Crippen molar-refractivity contribution in [2.24, 2.45) is 0 Å². The van der Waals surface area contributed by atoms with Crippen LogP contribution in [-0.2, 0) is 6.54 Å². The summed E-state index contributed by atoms with van der Waals surface area (Å²) in [6.07, 6.45) is 1.58. The third-order valence-electron chi connectivity index (χ3n) is 2.80. The number of carbonyl (C=O) groups is 1. The number of hydrogen-bond acceptors (Lipinski definition) is 3. The van der Waals surface area contributed by atoms with E-state index >= 15 is 0 Å². The lowest BCUT2D eigenvalue weighted by molar-refractivity contribution is 0.0785. The maximum absolute atomic E-state index is 12.3. The highest BCUT2D eigenvalue weighted by Gasteiger charge is 2.12. The average Bonchev–Trinajstić information content (AvgIpc) is 2.46. The number of aromatic nitrogens is 1. The van der Waals surface area contributed by atoms with Crippen LogP contribution in [0.2, 0.25) is 0 Å². The summed E-state index contributed by atoms with van der Waals surface area (Å²) in [5.41, 5.74) is 2.09. The number of hydrogen-bond donors (Lipinski definition) is 0. The van der Waals surface area contributed by atoms with Crippen molar-refractivity contribution in [3.05, 3.63) is 63.9 Å². The van der Waals surface area contributed by atoms with Crippen LogP contribution in [0.1, 0.15) is 21.5 Å². The highest BCUT2D eigenvalue weighted by atomic mass is 79.9. The molecule has 0 aliphatic heterocycles. The summed E-state index contributed by atoms with van der Waals surface area (Å²) in [5.74, 6) is -0.0875. The Bertz CT molecular complexity index is 679. The second-order valence-corrected chi connectivity index (χ2v) is 5.15. The Labute approximate surface area is 125 Å². The SMILES string of the molecule is CN(Cc1cccc(C#N)c1)C(=O)c1ccnc(Br)c1. The van der Waals surface area contributed by atoms with Crippen LogP contribution in [0.25, 0.3) is 0 Å². The summed E-state index contributed by atoms with van der Waals surface area (Å²) in [5, 5.41) is 8.87. The van der Waals surface area contributed by atoms with E-state index in [2.05, 4.69) is 27.0 Å². The van der Waals surface area contributed by atoms with E-state index in [1.807, 2.05) is 12.1 Å². The van der Waals surface area contributed by atoms with Gasteiger partial charge in [-0.15, -0.1) is 0 Å². The lowest BCUT2D eigenvalue weighted by Crippen LogP contribution is -2.26. The van der Waals surface area contributed by atoms with Crippen LogP contribution in [0.3, 0.4) is 0 Å². The molecule has 4 nitrogen and oxygen atoms in total. The third-order valence-corrected chi connectivity index (χ3v) is 3.23. The topological polar surface area (TPSA) is 57.0 Å². The molecule has 0 saturated carbocycles. The molecule has 0 N–H and O–H groups in total. The third kappa shape index (κ3) is 3.43. The summed E-state index contributed by atoms with van der Waals surface area (Å²) in [6.45, 7) is 0.453. The summed E-state index contributed by atoms with van der Waals surface area (Å²) < 4.78 is 0.628. The molecule has 0 saturated heterocycles. The predicted molar refractivity (Wildman–Crippen MR) is 78.9 cm³/mol. The lowest BCUT2D eigenvalue weighted by atomic mass is 10.1. The fourth-order valence-corrected chi connectivity index (χ4v) is 2.21. The number of nitrogens with zero attached hydrogens (tertiary/aromatic N) is 3. The van der Waals surface area contributed by atoms with E-state index in [9.17, 15) is 4.79 Å². The normalized spacial score (nSPS) is 9.85. The van der Waals surface area contributed by atoms with Crippen molar-refractivity contribution in [2.45, 2.75) is 6.54 Å². The zero-order valence-corrected chi connectivity index (χ0v) is 12.5. The van der Waals surface area contributed by atoms with Crippen LogP contribution < -0.4 is 0 Å². The van der Waals surface area contributed by atoms with Gasteiger partial charge in [0.1, 0.15) is 4.60 Å². The predicted octanol–water partition coefficient (Wildman–Crippen LogP) is 2.99. The van der Waals surface area contributed by atoms with Gasteiger partial charge in [-0.2, -0.15) is 5.26 Å². The number of halogens is 1. The Morgan fingerprint density at radius 3 is 2.90 bits per heavy atom. The van der Waals surface area contributed by atoms with Crippen LogP contribution >= 0.6 is 15.9 Å². The van der Waals surface area contributed by atoms with E-state index in [-0.39, 0.29) is 5.91 Å². The highest BCUT2D eigenvalue weighted by molar-refractivity contribution is 9.10. The quantitative estimate of drug-likeness (QED) is 0.813. The van der Waals surface area contributed by atoms with Crippen molar-refractivity contribution in [1.82, 2.24) is 9.88 Å². The van der Waals surface area contributed by atoms with Gasteiger partial charge in [0.15, 0.2) is 0 Å². The first-order valence-electron chi connectivity index (χ1n) is 5.96. The Morgan fingerprint density at radius 1 is 1.40 bits per heavy atom. The molecule has 0 bridgehead atoms. The van der Waals surface area contributed by atoms with Crippen molar-refractivity contribution in [3.8, 4) is 6.07 Å². The number of nitriles is 1. The molecule has 1 aromatic carbocycles. The minimum absolute atomic E-state index is 0.0875. The van der Waals surface area contributed by atoms with Gasteiger partial charge in [-0.25, -0.2) is 4.98 Å². The fraction of sp³-hybridized carbons (Fsp3) is 0.133. The number of rotatable bonds is 3. The molecule has 0 radical (unpaired) electrons. The maximum Gasteiger partial charge on any atom is 0.254 e. The molecule has 5 heteroatoms. The molecule has 0 atom stereocenters. The summed E-state index contributed by atoms with van der Waals surface area (Å²) in [4.78, 5) is 17.9. The van der Waals surface area contributed by atoms with Gasteiger partial charge in [0.25, 0.3) is 5.91 Å². The standard InChI is InChI=1S/C15H12BrN3O/c1-19(10-12-4-2-3-11(7-12)9-17)15(20)13-5-6-18-14(16)8-13/h2-8H,10H2,1H3. The first-order chi connectivity index (χ1) is 9.60. The van der Waals surface area contributed by atoms with E-state index in [4.69, 9.17) is 5.26 Å². The summed E-state index contributed by atoms with van der Waals surface area (Å²) >= 11 is 3.25. The van der Waals surface area contributed by atoms with Gasteiger partial charge in [-0.3, -0.25) is 4.79 Å². The first kappa shape index (κ1) is 14.2. The molecule has 0 fully saturated rings. The molecular weight excluding hydrogens is 318 g/mol. The van der Waals surface area contributed by atoms with Crippen molar-refractivity contribution < 1.29 is 4.79 Å². The Balaban J connectivity index is 2.13. The summed E-state index contributed by atoms with van der Waals surface area (Å²) in [7, 11) is 1.73. The highest BCUT2D eigenvalue weighted by Crippen LogP contribution is 2.12. The van der Waals surface area contributed by atoms with Crippen LogP contribution in [-0.4, -0.2) is 22.8 Å². The molecular formula is C15H12BrN3O. The van der Waals surface area contributed by atoms with E-state index in [0.29, 0.717) is 22.3 Å². The minimum Gasteiger partial charge on any atom is -0.337 e. The molecule has 20 heavy (non-hydrogen) atoms. The molecule has 1 aromatic heterocycles. The van der Waals surface area contributed by atoms with Crippen LogP contribution in [0.15, 0.2) is 47.2 Å². The van der Waals surface area contributed by atoms with Gasteiger partial charge in [0.2, 0.25) is 0 Å². The first-order valence-corrected chi connectivity index (χ1v) is 6.75. The fourth-order valence-electron chi connectivity index (χ4n) is 1.84. The average molecular weight is 330 g/mol. The largest absolute Gasteiger partial charge is 0.337 e. The number of carbonyl (C=O) groups excluding carboxylic acids is 1. The van der Waals surface area contributed by atoms with Crippen LogP contribution in [0, 0.1) is 11.3 Å². The number of amides is 1. The molecule has 0 unspecified atom stereocenters. The summed E-state index contributed by atoms with van der Waals surface area (Å²) in [6, 6.07) is 12.7. The Kier molecular flexibility index (Phi) is 4.49. The molecule has 0 spiro atoms. The second kappa shape index (κ2) is 6.31. The molecule has 100 valence electrons. The van der Waals surface area contributed by atoms with E-state index < -0.39 is 0 Å². The Hall–Kier alpha value is -2.19. The van der Waals surface area contributed by atoms with Crippen molar-refractivity contribution >= 4 is 21.8 Å². The van der Waals surface area contributed by atoms with Crippen molar-refractivity contribution in [2.75, 3.05) is 7.05 Å². The molecule has 1 heterocycles. The van der Waals surface area contributed by atoms with E-state index in [0.717, 1.165) is 5.56 Å². The van der Waals surface area contributed by atoms with Gasteiger partial charge >= 0.3 is 0 Å². The zero-order valence-electron chi connectivity index (χ0n) is 10.9. The van der Waals surface area contributed by atoms with E-state index in [1.165, 1.54) is 0 Å². The van der Waals surface area contributed by atoms with Gasteiger partial charge in [0, 0.05) is 25.4 Å². The molecule has 2 rings (SSSR count). The zero-order chi connectivity index (χ0) is 14.5. The van der Waals surface area contributed by atoms with Gasteiger partial charge < -0.3 is 4.90 Å². The number of benzene rings is 1. The lowest BCUT2D eigenvalue weighted by Gasteiger charge is -2.17. The van der Waals surface area contributed by atoms with E-state index in [1.54, 1.807) is 42.4 Å². The molecule has 0 aliphatic carbocycles. The van der Waals surface area contributed by atoms with Gasteiger partial charge in [-0.05, 0) is 45.8 Å². The number of pyridine rings is 1. The molecule has 0 aliphatic rings. The van der Waals surface area contributed by atoms with Crippen LogP contribution in [0.5, 0.6) is 0 Å². The van der Waals surface area contributed by atoms with Crippen molar-refractivity contribution in [3.63, 3.8) is 0 Å². The Morgan fingerprint density at radius 2 is 2.20 bits per heavy atom. The maximum atomic E-state index is 12.3. The monoisotopic (exact) mass is 329 g/mol. The molecule has 2 aromatic rings. The molecule has 1 amide bonds. The van der Waals surface area contributed by atoms with Gasteiger partial charge in [-0.1, -0.05) is 12.1 Å². The second-order valence-electron chi connectivity index (χ2n) is 4.34.